The number of non-ortho nitro benzene ring substituents is 1. The van der Waals surface area contributed by atoms with Gasteiger partial charge in [-0.25, -0.2) is 4.98 Å². The molecule has 3 aromatic rings. The number of anilines is 1. The summed E-state index contributed by atoms with van der Waals surface area (Å²) in [7, 11) is 0. The number of rotatable bonds is 4. The number of nitro groups is 1. The highest BCUT2D eigenvalue weighted by molar-refractivity contribution is 7.22. The van der Waals surface area contributed by atoms with Gasteiger partial charge in [0.15, 0.2) is 5.13 Å². The number of nitrogens with one attached hydrogen (secondary N) is 1. The summed E-state index contributed by atoms with van der Waals surface area (Å²) in [6.45, 7) is 1.44. The zero-order valence-electron chi connectivity index (χ0n) is 14.5. The van der Waals surface area contributed by atoms with E-state index in [0.717, 1.165) is 32.8 Å². The maximum Gasteiger partial charge on any atom is 0.270 e. The first-order valence-corrected chi connectivity index (χ1v) is 8.97. The molecule has 140 valence electrons. The van der Waals surface area contributed by atoms with Crippen LogP contribution in [0.3, 0.4) is 0 Å². The number of imide groups is 1. The fourth-order valence-electron chi connectivity index (χ4n) is 2.92. The van der Waals surface area contributed by atoms with E-state index in [1.165, 1.54) is 17.4 Å². The summed E-state index contributed by atoms with van der Waals surface area (Å²) in [6, 6.07) is 9.11. The van der Waals surface area contributed by atoms with Gasteiger partial charge >= 0.3 is 0 Å². The lowest BCUT2D eigenvalue weighted by Gasteiger charge is -2.12. The summed E-state index contributed by atoms with van der Waals surface area (Å²) in [5.74, 6) is -1.98. The van der Waals surface area contributed by atoms with Crippen molar-refractivity contribution in [3.05, 3.63) is 63.2 Å². The van der Waals surface area contributed by atoms with Crippen molar-refractivity contribution in [3.63, 3.8) is 0 Å². The maximum absolute atomic E-state index is 12.4. The minimum Gasteiger partial charge on any atom is -0.300 e. The number of benzene rings is 2. The lowest BCUT2D eigenvalue weighted by atomic mass is 10.1. The molecule has 9 nitrogen and oxygen atoms in total. The molecule has 3 amide bonds. The molecule has 1 N–H and O–H groups in total. The number of carbonyl (C=O) groups is 3. The van der Waals surface area contributed by atoms with E-state index in [2.05, 4.69) is 10.3 Å². The number of nitro benzene ring substituents is 1. The molecule has 0 spiro atoms. The molecule has 0 saturated heterocycles. The fourth-order valence-corrected chi connectivity index (χ4v) is 3.90. The molecular weight excluding hydrogens is 384 g/mol. The van der Waals surface area contributed by atoms with Gasteiger partial charge in [-0.15, -0.1) is 0 Å². The van der Waals surface area contributed by atoms with Crippen molar-refractivity contribution in [2.45, 2.75) is 6.92 Å². The van der Waals surface area contributed by atoms with Gasteiger partial charge in [0.2, 0.25) is 5.91 Å². The largest absolute Gasteiger partial charge is 0.300 e. The third-order valence-corrected chi connectivity index (χ3v) is 5.19. The molecule has 0 atom stereocenters. The topological polar surface area (TPSA) is 123 Å². The van der Waals surface area contributed by atoms with E-state index < -0.39 is 29.2 Å². The van der Waals surface area contributed by atoms with Crippen LogP contribution >= 0.6 is 11.3 Å². The van der Waals surface area contributed by atoms with Crippen LogP contribution in [0.4, 0.5) is 10.8 Å². The third-order valence-electron chi connectivity index (χ3n) is 4.26. The van der Waals surface area contributed by atoms with Crippen LogP contribution in [-0.2, 0) is 4.79 Å². The Morgan fingerprint density at radius 1 is 1.18 bits per heavy atom. The van der Waals surface area contributed by atoms with Crippen LogP contribution in [0.2, 0.25) is 0 Å². The number of hydrogen-bond acceptors (Lipinski definition) is 7. The smallest absolute Gasteiger partial charge is 0.270 e. The van der Waals surface area contributed by atoms with Crippen molar-refractivity contribution in [1.82, 2.24) is 9.88 Å². The molecule has 0 aliphatic carbocycles. The van der Waals surface area contributed by atoms with Gasteiger partial charge in [-0.1, -0.05) is 17.4 Å². The Hall–Kier alpha value is -3.66. The zero-order valence-corrected chi connectivity index (χ0v) is 15.3. The molecule has 1 aromatic heterocycles. The fraction of sp³-hybridized carbons (Fsp3) is 0.111. The van der Waals surface area contributed by atoms with Gasteiger partial charge in [-0.2, -0.15) is 0 Å². The molecule has 2 aromatic carbocycles. The first-order chi connectivity index (χ1) is 13.3. The second kappa shape index (κ2) is 6.50. The lowest BCUT2D eigenvalue weighted by molar-refractivity contribution is -0.384. The van der Waals surface area contributed by atoms with Crippen LogP contribution in [0, 0.1) is 17.0 Å². The van der Waals surface area contributed by atoms with Gasteiger partial charge < -0.3 is 5.32 Å². The number of hydrogen-bond donors (Lipinski definition) is 1. The zero-order chi connectivity index (χ0) is 20.0. The summed E-state index contributed by atoms with van der Waals surface area (Å²) in [6.07, 6.45) is 0. The van der Waals surface area contributed by atoms with Crippen LogP contribution in [0.15, 0.2) is 36.4 Å². The summed E-state index contributed by atoms with van der Waals surface area (Å²) in [5.41, 5.74) is 1.46. The Bertz CT molecular complexity index is 1190. The molecule has 10 heteroatoms. The highest BCUT2D eigenvalue weighted by Crippen LogP contribution is 2.28. The van der Waals surface area contributed by atoms with Crippen molar-refractivity contribution in [2.24, 2.45) is 0 Å². The second-order valence-electron chi connectivity index (χ2n) is 6.22. The number of amides is 3. The van der Waals surface area contributed by atoms with E-state index in [-0.39, 0.29) is 16.8 Å². The highest BCUT2D eigenvalue weighted by Gasteiger charge is 2.37. The minimum atomic E-state index is -0.737. The summed E-state index contributed by atoms with van der Waals surface area (Å²) >= 11 is 1.29. The van der Waals surface area contributed by atoms with Crippen LogP contribution in [0.1, 0.15) is 26.3 Å². The molecule has 1 aliphatic heterocycles. The van der Waals surface area contributed by atoms with Crippen LogP contribution in [-0.4, -0.2) is 39.1 Å². The predicted molar refractivity (Wildman–Crippen MR) is 101 cm³/mol. The number of fused-ring (bicyclic) bond motifs is 2. The van der Waals surface area contributed by atoms with Gasteiger partial charge in [0.1, 0.15) is 6.54 Å². The lowest BCUT2D eigenvalue weighted by Crippen LogP contribution is -2.37. The quantitative estimate of drug-likeness (QED) is 0.411. The van der Waals surface area contributed by atoms with Crippen LogP contribution in [0.25, 0.3) is 10.2 Å². The van der Waals surface area contributed by atoms with Crippen molar-refractivity contribution < 1.29 is 19.3 Å². The van der Waals surface area contributed by atoms with E-state index in [1.54, 1.807) is 0 Å². The first-order valence-electron chi connectivity index (χ1n) is 8.15. The predicted octanol–water partition coefficient (Wildman–Crippen LogP) is 2.75. The van der Waals surface area contributed by atoms with Gasteiger partial charge in [0.25, 0.3) is 17.5 Å². The van der Waals surface area contributed by atoms with Gasteiger partial charge in [0, 0.05) is 12.1 Å². The number of nitrogens with zero attached hydrogens (tertiary/aromatic N) is 3. The second-order valence-corrected chi connectivity index (χ2v) is 7.25. The minimum absolute atomic E-state index is 0.0406. The number of thiazole rings is 1. The van der Waals surface area contributed by atoms with E-state index in [0.29, 0.717) is 5.13 Å². The van der Waals surface area contributed by atoms with Crippen molar-refractivity contribution in [2.75, 3.05) is 11.9 Å². The molecule has 1 aliphatic rings. The summed E-state index contributed by atoms with van der Waals surface area (Å²) in [4.78, 5) is 52.5. The highest BCUT2D eigenvalue weighted by atomic mass is 32.1. The molecule has 0 fully saturated rings. The van der Waals surface area contributed by atoms with Crippen molar-refractivity contribution in [1.29, 1.82) is 0 Å². The first kappa shape index (κ1) is 17.7. The Balaban J connectivity index is 1.51. The van der Waals surface area contributed by atoms with Crippen molar-refractivity contribution in [3.8, 4) is 0 Å². The van der Waals surface area contributed by atoms with E-state index in [4.69, 9.17) is 0 Å². The van der Waals surface area contributed by atoms with E-state index in [1.807, 2.05) is 25.1 Å². The molecule has 4 rings (SSSR count). The third kappa shape index (κ3) is 2.99. The van der Waals surface area contributed by atoms with Gasteiger partial charge in [0.05, 0.1) is 26.3 Å². The average molecular weight is 396 g/mol. The monoisotopic (exact) mass is 396 g/mol. The molecule has 0 bridgehead atoms. The Labute approximate surface area is 161 Å². The normalized spacial score (nSPS) is 13.1. The molecule has 2 heterocycles. The molecule has 0 radical (unpaired) electrons. The van der Waals surface area contributed by atoms with Gasteiger partial charge in [-0.3, -0.25) is 29.4 Å². The van der Waals surface area contributed by atoms with Crippen molar-refractivity contribution >= 4 is 50.1 Å². The number of aromatic nitrogens is 1. The maximum atomic E-state index is 12.4. The Morgan fingerprint density at radius 3 is 2.68 bits per heavy atom. The molecule has 0 unspecified atom stereocenters. The van der Waals surface area contributed by atoms with Crippen LogP contribution in [0.5, 0.6) is 0 Å². The van der Waals surface area contributed by atoms with E-state index >= 15 is 0 Å². The van der Waals surface area contributed by atoms with Crippen LogP contribution < -0.4 is 5.32 Å². The summed E-state index contributed by atoms with van der Waals surface area (Å²) < 4.78 is 0.906. The Morgan fingerprint density at radius 2 is 1.93 bits per heavy atom. The number of carbonyl (C=O) groups excluding carboxylic acids is 3. The Kier molecular flexibility index (Phi) is 4.12. The average Bonchev–Trinajstić information content (AvgIpc) is 3.14. The molecule has 28 heavy (non-hydrogen) atoms. The van der Waals surface area contributed by atoms with Gasteiger partial charge in [-0.05, 0) is 30.7 Å². The molecule has 0 saturated carbocycles. The standard InChI is InChI=1S/C18H12N4O5S/c1-9-2-5-13-14(6-9)28-18(19-13)20-15(23)8-21-16(24)11-4-3-10(22(26)27)7-12(11)17(21)25/h2-7H,8H2,1H3,(H,19,20,23). The molecular formula is C18H12N4O5S. The number of aryl methyl sites for hydroxylation is 1. The van der Waals surface area contributed by atoms with E-state index in [9.17, 15) is 24.5 Å². The SMILES string of the molecule is Cc1ccc2nc(NC(=O)CN3C(=O)c4ccc([N+](=O)[O-])cc4C3=O)sc2c1. The summed E-state index contributed by atoms with van der Waals surface area (Å²) in [5, 5.41) is 13.8.